The number of rotatable bonds is 2. The maximum Gasteiger partial charge on any atom is 0.107 e. The maximum atomic E-state index is 4.77. The highest BCUT2D eigenvalue weighted by atomic mass is 32.1. The van der Waals surface area contributed by atoms with E-state index in [0.717, 1.165) is 26.2 Å². The molecule has 2 rings (SSSR count). The van der Waals surface area contributed by atoms with Crippen LogP contribution in [0, 0.1) is 0 Å². The minimum atomic E-state index is 0.170. The number of nitrogens with one attached hydrogen (secondary N) is 1. The Kier molecular flexibility index (Phi) is 3.85. The molecule has 17 heavy (non-hydrogen) atoms. The third-order valence-electron chi connectivity index (χ3n) is 3.30. The fraction of sp³-hybridized carbons (Fsp3) is 0.769. The van der Waals surface area contributed by atoms with Crippen molar-refractivity contribution in [2.45, 2.75) is 45.7 Å². The Morgan fingerprint density at radius 3 is 2.88 bits per heavy atom. The van der Waals surface area contributed by atoms with E-state index in [4.69, 9.17) is 4.98 Å². The Labute approximate surface area is 108 Å². The number of nitrogens with zero attached hydrogens (tertiary/aromatic N) is 2. The summed E-state index contributed by atoms with van der Waals surface area (Å²) in [5, 5.41) is 6.88. The summed E-state index contributed by atoms with van der Waals surface area (Å²) in [5.74, 6) is 0. The van der Waals surface area contributed by atoms with Crippen LogP contribution in [0.1, 0.15) is 38.4 Å². The summed E-state index contributed by atoms with van der Waals surface area (Å²) in [6, 6.07) is 0.616. The molecule has 1 aliphatic heterocycles. The van der Waals surface area contributed by atoms with Gasteiger partial charge in [0, 0.05) is 36.5 Å². The molecule has 0 amide bonds. The smallest absolute Gasteiger partial charge is 0.107 e. The van der Waals surface area contributed by atoms with Gasteiger partial charge in [-0.05, 0) is 6.92 Å². The summed E-state index contributed by atoms with van der Waals surface area (Å²) in [4.78, 5) is 7.28. The van der Waals surface area contributed by atoms with Crippen molar-refractivity contribution in [3.63, 3.8) is 0 Å². The Hall–Kier alpha value is -0.450. The van der Waals surface area contributed by atoms with Crippen LogP contribution < -0.4 is 5.32 Å². The molecule has 0 saturated carbocycles. The van der Waals surface area contributed by atoms with Crippen molar-refractivity contribution >= 4 is 11.3 Å². The standard InChI is InChI=1S/C13H23N3S/c1-10-7-14-5-6-16(10)8-12-15-11(9-17-12)13(2,3)4/h9-10,14H,5-8H2,1-4H3/t10-/m0/s1. The summed E-state index contributed by atoms with van der Waals surface area (Å²) < 4.78 is 0. The fourth-order valence-electron chi connectivity index (χ4n) is 2.02. The summed E-state index contributed by atoms with van der Waals surface area (Å²) >= 11 is 1.80. The zero-order valence-corrected chi connectivity index (χ0v) is 12.1. The van der Waals surface area contributed by atoms with Crippen LogP contribution in [0.25, 0.3) is 0 Å². The molecule has 1 aliphatic rings. The minimum Gasteiger partial charge on any atom is -0.314 e. The first-order chi connectivity index (χ1) is 7.97. The van der Waals surface area contributed by atoms with Gasteiger partial charge in [0.2, 0.25) is 0 Å². The summed E-state index contributed by atoms with van der Waals surface area (Å²) in [6.07, 6.45) is 0. The van der Waals surface area contributed by atoms with Crippen molar-refractivity contribution in [2.24, 2.45) is 0 Å². The average Bonchev–Trinajstić information content (AvgIpc) is 2.69. The SMILES string of the molecule is C[C@H]1CNCCN1Cc1nc(C(C)(C)C)cs1. The first-order valence-corrected chi connectivity index (χ1v) is 7.24. The van der Waals surface area contributed by atoms with Crippen molar-refractivity contribution in [3.05, 3.63) is 16.1 Å². The molecule has 1 fully saturated rings. The van der Waals surface area contributed by atoms with E-state index in [1.54, 1.807) is 11.3 Å². The largest absolute Gasteiger partial charge is 0.314 e. The van der Waals surface area contributed by atoms with E-state index in [-0.39, 0.29) is 5.41 Å². The molecule has 0 unspecified atom stereocenters. The van der Waals surface area contributed by atoms with E-state index in [9.17, 15) is 0 Å². The van der Waals surface area contributed by atoms with E-state index >= 15 is 0 Å². The molecule has 0 aliphatic carbocycles. The minimum absolute atomic E-state index is 0.170. The highest BCUT2D eigenvalue weighted by Gasteiger charge is 2.21. The van der Waals surface area contributed by atoms with Gasteiger partial charge in [-0.2, -0.15) is 0 Å². The second kappa shape index (κ2) is 5.04. The van der Waals surface area contributed by atoms with E-state index in [2.05, 4.69) is 43.3 Å². The molecule has 96 valence electrons. The topological polar surface area (TPSA) is 28.2 Å². The zero-order chi connectivity index (χ0) is 12.5. The normalized spacial score (nSPS) is 22.9. The van der Waals surface area contributed by atoms with Gasteiger partial charge in [0.05, 0.1) is 12.2 Å². The van der Waals surface area contributed by atoms with Crippen LogP contribution in [0.5, 0.6) is 0 Å². The molecule has 0 aromatic carbocycles. The van der Waals surface area contributed by atoms with Crippen molar-refractivity contribution < 1.29 is 0 Å². The number of aromatic nitrogens is 1. The molecule has 4 heteroatoms. The van der Waals surface area contributed by atoms with E-state index in [1.807, 2.05) is 0 Å². The number of hydrogen-bond acceptors (Lipinski definition) is 4. The van der Waals surface area contributed by atoms with Crippen molar-refractivity contribution in [3.8, 4) is 0 Å². The molecule has 1 N–H and O–H groups in total. The fourth-order valence-corrected chi connectivity index (χ4v) is 3.07. The van der Waals surface area contributed by atoms with Crippen LogP contribution in [0.15, 0.2) is 5.38 Å². The molecule has 3 nitrogen and oxygen atoms in total. The lowest BCUT2D eigenvalue weighted by Crippen LogP contribution is -2.49. The molecule has 1 aromatic heterocycles. The zero-order valence-electron chi connectivity index (χ0n) is 11.3. The molecule has 0 spiro atoms. The van der Waals surface area contributed by atoms with E-state index < -0.39 is 0 Å². The van der Waals surface area contributed by atoms with Crippen LogP contribution >= 0.6 is 11.3 Å². The third kappa shape index (κ3) is 3.27. The molecular formula is C13H23N3S. The number of thiazole rings is 1. The van der Waals surface area contributed by atoms with Gasteiger partial charge in [-0.15, -0.1) is 11.3 Å². The van der Waals surface area contributed by atoms with Crippen LogP contribution in [-0.2, 0) is 12.0 Å². The lowest BCUT2D eigenvalue weighted by molar-refractivity contribution is 0.165. The molecule has 2 heterocycles. The first-order valence-electron chi connectivity index (χ1n) is 6.36. The van der Waals surface area contributed by atoms with Gasteiger partial charge in [-0.3, -0.25) is 4.90 Å². The Bertz CT molecular complexity index is 367. The van der Waals surface area contributed by atoms with Crippen molar-refractivity contribution in [2.75, 3.05) is 19.6 Å². The summed E-state index contributed by atoms with van der Waals surface area (Å²) in [5.41, 5.74) is 1.39. The predicted molar refractivity (Wildman–Crippen MR) is 73.6 cm³/mol. The quantitative estimate of drug-likeness (QED) is 0.876. The van der Waals surface area contributed by atoms with Gasteiger partial charge in [-0.1, -0.05) is 20.8 Å². The van der Waals surface area contributed by atoms with Crippen LogP contribution in [0.4, 0.5) is 0 Å². The molecular weight excluding hydrogens is 230 g/mol. The highest BCUT2D eigenvalue weighted by molar-refractivity contribution is 7.09. The average molecular weight is 253 g/mol. The van der Waals surface area contributed by atoms with Crippen LogP contribution in [-0.4, -0.2) is 35.6 Å². The highest BCUT2D eigenvalue weighted by Crippen LogP contribution is 2.24. The van der Waals surface area contributed by atoms with Gasteiger partial charge < -0.3 is 5.32 Å². The number of hydrogen-bond donors (Lipinski definition) is 1. The summed E-state index contributed by atoms with van der Waals surface area (Å²) in [6.45, 7) is 13.3. The van der Waals surface area contributed by atoms with Crippen molar-refractivity contribution in [1.82, 2.24) is 15.2 Å². The van der Waals surface area contributed by atoms with Crippen molar-refractivity contribution in [1.29, 1.82) is 0 Å². The summed E-state index contributed by atoms with van der Waals surface area (Å²) in [7, 11) is 0. The second-order valence-corrected chi connectivity index (χ2v) is 6.84. The van der Waals surface area contributed by atoms with E-state index in [0.29, 0.717) is 6.04 Å². The van der Waals surface area contributed by atoms with Gasteiger partial charge in [0.15, 0.2) is 0 Å². The van der Waals surface area contributed by atoms with Gasteiger partial charge in [0.25, 0.3) is 0 Å². The van der Waals surface area contributed by atoms with Gasteiger partial charge in [0.1, 0.15) is 5.01 Å². The Morgan fingerprint density at radius 2 is 2.29 bits per heavy atom. The first kappa shape index (κ1) is 13.0. The van der Waals surface area contributed by atoms with E-state index in [1.165, 1.54) is 10.7 Å². The Balaban J connectivity index is 2.01. The second-order valence-electron chi connectivity index (χ2n) is 5.90. The lowest BCUT2D eigenvalue weighted by Gasteiger charge is -2.33. The molecule has 0 radical (unpaired) electrons. The maximum absolute atomic E-state index is 4.77. The van der Waals surface area contributed by atoms with Crippen LogP contribution in [0.2, 0.25) is 0 Å². The van der Waals surface area contributed by atoms with Crippen LogP contribution in [0.3, 0.4) is 0 Å². The molecule has 0 bridgehead atoms. The third-order valence-corrected chi connectivity index (χ3v) is 4.13. The molecule has 1 atom stereocenters. The monoisotopic (exact) mass is 253 g/mol. The van der Waals surface area contributed by atoms with Gasteiger partial charge >= 0.3 is 0 Å². The molecule has 1 saturated heterocycles. The Morgan fingerprint density at radius 1 is 1.53 bits per heavy atom. The predicted octanol–water partition coefficient (Wildman–Crippen LogP) is 2.23. The lowest BCUT2D eigenvalue weighted by atomic mass is 9.93. The van der Waals surface area contributed by atoms with Gasteiger partial charge in [-0.25, -0.2) is 4.98 Å². The number of piperazine rings is 1. The molecule has 1 aromatic rings.